The lowest BCUT2D eigenvalue weighted by atomic mass is 10.2. The highest BCUT2D eigenvalue weighted by atomic mass is 35.5. The lowest BCUT2D eigenvalue weighted by Crippen LogP contribution is -2.21. The second-order valence-corrected chi connectivity index (χ2v) is 11.6. The van der Waals surface area contributed by atoms with E-state index in [4.69, 9.17) is 39.5 Å². The molecule has 2 heterocycles. The standard InChI is InChI=1S/C21H18Cl3FN2O3S2/c1-27-7-6-14(11-27)30-19-9-13(3-4-15(19)22)26-32(28,29)20-10-17(24)21(31-20)12-2-5-18(25)16(23)8-12/h2-5,8-10,14,26H,6-7,11H2,1H3/t14-/m1/s1. The molecule has 2 aromatic carbocycles. The third kappa shape index (κ3) is 5.16. The Labute approximate surface area is 204 Å². The number of nitrogens with zero attached hydrogens (tertiary/aromatic N) is 1. The molecule has 0 spiro atoms. The van der Waals surface area contributed by atoms with E-state index in [-0.39, 0.29) is 20.4 Å². The number of hydrogen-bond acceptors (Lipinski definition) is 5. The first kappa shape index (κ1) is 23.6. The van der Waals surface area contributed by atoms with Crippen LogP contribution in [0, 0.1) is 5.82 Å². The topological polar surface area (TPSA) is 58.6 Å². The predicted octanol–water partition coefficient (Wildman–Crippen LogP) is 6.40. The number of sulfonamides is 1. The van der Waals surface area contributed by atoms with Crippen molar-refractivity contribution in [1.29, 1.82) is 0 Å². The number of rotatable bonds is 6. The van der Waals surface area contributed by atoms with Gasteiger partial charge in [-0.2, -0.15) is 0 Å². The molecule has 3 aromatic rings. The number of nitrogens with one attached hydrogen (secondary N) is 1. The van der Waals surface area contributed by atoms with Crippen molar-refractivity contribution in [2.75, 3.05) is 24.9 Å². The Hall–Kier alpha value is -1.55. The summed E-state index contributed by atoms with van der Waals surface area (Å²) in [6, 6.07) is 10.2. The number of ether oxygens (including phenoxy) is 1. The van der Waals surface area contributed by atoms with Gasteiger partial charge in [0, 0.05) is 19.2 Å². The molecular weight excluding hydrogens is 518 g/mol. The summed E-state index contributed by atoms with van der Waals surface area (Å²) in [7, 11) is -1.93. The minimum atomic E-state index is -3.94. The molecule has 5 nitrogen and oxygen atoms in total. The highest BCUT2D eigenvalue weighted by Gasteiger charge is 2.24. The third-order valence-corrected chi connectivity index (χ3v) is 8.99. The summed E-state index contributed by atoms with van der Waals surface area (Å²) in [5.41, 5.74) is 0.836. The van der Waals surface area contributed by atoms with E-state index in [1.165, 1.54) is 24.3 Å². The zero-order chi connectivity index (χ0) is 23.0. The normalized spacial score (nSPS) is 17.0. The zero-order valence-electron chi connectivity index (χ0n) is 16.7. The fourth-order valence-corrected chi connectivity index (χ4v) is 6.56. The fraction of sp³-hybridized carbons (Fsp3) is 0.238. The van der Waals surface area contributed by atoms with Crippen molar-refractivity contribution in [3.8, 4) is 16.2 Å². The second kappa shape index (κ2) is 9.37. The average molecular weight is 536 g/mol. The molecule has 1 aliphatic rings. The molecule has 0 unspecified atom stereocenters. The average Bonchev–Trinajstić information content (AvgIpc) is 3.32. The SMILES string of the molecule is CN1CC[C@@H](Oc2cc(NS(=O)(=O)c3cc(Cl)c(-c4ccc(F)c(Cl)c4)s3)ccc2Cl)C1. The lowest BCUT2D eigenvalue weighted by Gasteiger charge is -2.16. The van der Waals surface area contributed by atoms with Gasteiger partial charge in [0.25, 0.3) is 10.0 Å². The maximum absolute atomic E-state index is 13.5. The molecule has 0 radical (unpaired) electrons. The molecular formula is C21H18Cl3FN2O3S2. The smallest absolute Gasteiger partial charge is 0.271 e. The van der Waals surface area contributed by atoms with Crippen LogP contribution in [-0.4, -0.2) is 39.6 Å². The summed E-state index contributed by atoms with van der Waals surface area (Å²) in [5, 5.41) is 0.553. The van der Waals surface area contributed by atoms with Crippen LogP contribution in [-0.2, 0) is 10.0 Å². The van der Waals surface area contributed by atoms with Gasteiger partial charge in [0.1, 0.15) is 21.9 Å². The Bertz CT molecular complexity index is 1270. The first-order chi connectivity index (χ1) is 15.1. The lowest BCUT2D eigenvalue weighted by molar-refractivity contribution is 0.208. The van der Waals surface area contributed by atoms with E-state index in [9.17, 15) is 12.8 Å². The van der Waals surface area contributed by atoms with Gasteiger partial charge in [-0.15, -0.1) is 11.3 Å². The third-order valence-electron chi connectivity index (χ3n) is 4.94. The molecule has 1 aliphatic heterocycles. The van der Waals surface area contributed by atoms with Crippen molar-refractivity contribution in [2.45, 2.75) is 16.7 Å². The molecule has 1 aromatic heterocycles. The van der Waals surface area contributed by atoms with Crippen LogP contribution in [0.1, 0.15) is 6.42 Å². The van der Waals surface area contributed by atoms with E-state index < -0.39 is 15.8 Å². The monoisotopic (exact) mass is 534 g/mol. The molecule has 32 heavy (non-hydrogen) atoms. The molecule has 1 atom stereocenters. The van der Waals surface area contributed by atoms with Crippen LogP contribution in [0.2, 0.25) is 15.1 Å². The summed E-state index contributed by atoms with van der Waals surface area (Å²) in [4.78, 5) is 2.62. The van der Waals surface area contributed by atoms with E-state index in [2.05, 4.69) is 9.62 Å². The van der Waals surface area contributed by atoms with E-state index >= 15 is 0 Å². The van der Waals surface area contributed by atoms with Gasteiger partial charge in [0.15, 0.2) is 0 Å². The molecule has 0 aliphatic carbocycles. The van der Waals surface area contributed by atoms with Crippen LogP contribution in [0.3, 0.4) is 0 Å². The number of thiophene rings is 1. The minimum absolute atomic E-state index is 0.00721. The van der Waals surface area contributed by atoms with Crippen LogP contribution in [0.5, 0.6) is 5.75 Å². The number of likely N-dealkylation sites (tertiary alicyclic amines) is 1. The number of halogens is 4. The number of anilines is 1. The fourth-order valence-electron chi connectivity index (χ4n) is 3.35. The van der Waals surface area contributed by atoms with Crippen LogP contribution in [0.15, 0.2) is 46.7 Å². The van der Waals surface area contributed by atoms with Gasteiger partial charge in [0.2, 0.25) is 0 Å². The van der Waals surface area contributed by atoms with E-state index in [1.54, 1.807) is 18.2 Å². The quantitative estimate of drug-likeness (QED) is 0.397. The minimum Gasteiger partial charge on any atom is -0.487 e. The maximum atomic E-state index is 13.5. The largest absolute Gasteiger partial charge is 0.487 e. The highest BCUT2D eigenvalue weighted by Crippen LogP contribution is 2.40. The molecule has 0 saturated carbocycles. The first-order valence-corrected chi connectivity index (χ1v) is 13.0. The van der Waals surface area contributed by atoms with Crippen LogP contribution in [0.4, 0.5) is 10.1 Å². The highest BCUT2D eigenvalue weighted by molar-refractivity contribution is 7.94. The van der Waals surface area contributed by atoms with Gasteiger partial charge in [-0.3, -0.25) is 4.72 Å². The van der Waals surface area contributed by atoms with Gasteiger partial charge < -0.3 is 9.64 Å². The summed E-state index contributed by atoms with van der Waals surface area (Å²) in [5.74, 6) is -0.152. The van der Waals surface area contributed by atoms with Crippen molar-refractivity contribution in [3.05, 3.63) is 63.3 Å². The Balaban J connectivity index is 1.57. The van der Waals surface area contributed by atoms with Crippen molar-refractivity contribution in [2.24, 2.45) is 0 Å². The van der Waals surface area contributed by atoms with Crippen molar-refractivity contribution >= 4 is 61.9 Å². The molecule has 0 amide bonds. The van der Waals surface area contributed by atoms with Gasteiger partial charge in [-0.05, 0) is 49.4 Å². The van der Waals surface area contributed by atoms with E-state index in [0.29, 0.717) is 26.9 Å². The maximum Gasteiger partial charge on any atom is 0.271 e. The van der Waals surface area contributed by atoms with Gasteiger partial charge in [0.05, 0.1) is 25.6 Å². The van der Waals surface area contributed by atoms with Crippen LogP contribution < -0.4 is 9.46 Å². The molecule has 11 heteroatoms. The summed E-state index contributed by atoms with van der Waals surface area (Å²) in [6.07, 6.45) is 0.859. The second-order valence-electron chi connectivity index (χ2n) is 7.41. The molecule has 1 saturated heterocycles. The Morgan fingerprint density at radius 3 is 2.56 bits per heavy atom. The number of likely N-dealkylation sites (N-methyl/N-ethyl adjacent to an activating group) is 1. The van der Waals surface area contributed by atoms with E-state index in [0.717, 1.165) is 30.8 Å². The van der Waals surface area contributed by atoms with Crippen molar-refractivity contribution in [1.82, 2.24) is 4.90 Å². The van der Waals surface area contributed by atoms with E-state index in [1.807, 2.05) is 7.05 Å². The van der Waals surface area contributed by atoms with Crippen LogP contribution >= 0.6 is 46.1 Å². The van der Waals surface area contributed by atoms with Gasteiger partial charge >= 0.3 is 0 Å². The molecule has 170 valence electrons. The summed E-state index contributed by atoms with van der Waals surface area (Å²) in [6.45, 7) is 1.70. The van der Waals surface area contributed by atoms with Crippen molar-refractivity contribution < 1.29 is 17.5 Å². The number of benzene rings is 2. The van der Waals surface area contributed by atoms with Gasteiger partial charge in [-0.25, -0.2) is 12.8 Å². The summed E-state index contributed by atoms with van der Waals surface area (Å²) >= 11 is 19.3. The zero-order valence-corrected chi connectivity index (χ0v) is 20.6. The van der Waals surface area contributed by atoms with Crippen molar-refractivity contribution in [3.63, 3.8) is 0 Å². The Kier molecular flexibility index (Phi) is 6.91. The number of hydrogen-bond donors (Lipinski definition) is 1. The van der Waals surface area contributed by atoms with Crippen LogP contribution in [0.25, 0.3) is 10.4 Å². The summed E-state index contributed by atoms with van der Waals surface area (Å²) < 4.78 is 47.9. The first-order valence-electron chi connectivity index (χ1n) is 9.55. The Morgan fingerprint density at radius 1 is 1.09 bits per heavy atom. The predicted molar refractivity (Wildman–Crippen MR) is 129 cm³/mol. The molecule has 0 bridgehead atoms. The van der Waals surface area contributed by atoms with Gasteiger partial charge in [-0.1, -0.05) is 40.9 Å². The molecule has 4 rings (SSSR count). The Morgan fingerprint density at radius 2 is 1.88 bits per heavy atom. The molecule has 1 N–H and O–H groups in total. The molecule has 1 fully saturated rings.